The number of urea groups is 1. The van der Waals surface area contributed by atoms with Gasteiger partial charge < -0.3 is 20.0 Å². The van der Waals surface area contributed by atoms with Gasteiger partial charge >= 0.3 is 6.03 Å². The van der Waals surface area contributed by atoms with Gasteiger partial charge in [0.2, 0.25) is 0 Å². The zero-order chi connectivity index (χ0) is 16.7. The topological polar surface area (TPSA) is 74.6 Å². The molecule has 122 valence electrons. The minimum absolute atomic E-state index is 0.205. The summed E-state index contributed by atoms with van der Waals surface area (Å²) >= 11 is 0. The van der Waals surface area contributed by atoms with Gasteiger partial charge in [0.05, 0.1) is 36.7 Å². The fraction of sp³-hybridized carbons (Fsp3) is 0.176. The third-order valence-electron chi connectivity index (χ3n) is 4.13. The molecule has 24 heavy (non-hydrogen) atoms. The first-order valence-corrected chi connectivity index (χ1v) is 7.49. The Kier molecular flexibility index (Phi) is 3.34. The zero-order valence-electron chi connectivity index (χ0n) is 12.6. The fourth-order valence-corrected chi connectivity index (χ4v) is 3.08. The lowest BCUT2D eigenvalue weighted by molar-refractivity contribution is -0.126. The van der Waals surface area contributed by atoms with Crippen molar-refractivity contribution in [2.75, 3.05) is 6.54 Å². The number of nitrogens with one attached hydrogen (secondary N) is 2. The molecule has 0 saturated heterocycles. The van der Waals surface area contributed by atoms with Crippen LogP contribution in [0.1, 0.15) is 17.4 Å². The van der Waals surface area contributed by atoms with Crippen LogP contribution in [0.2, 0.25) is 0 Å². The Balaban J connectivity index is 1.66. The maximum absolute atomic E-state index is 13.5. The number of rotatable bonds is 3. The fourth-order valence-electron chi connectivity index (χ4n) is 3.08. The Hall–Kier alpha value is -3.09. The van der Waals surface area contributed by atoms with E-state index in [0.717, 1.165) is 0 Å². The van der Waals surface area contributed by atoms with Crippen molar-refractivity contribution in [2.24, 2.45) is 0 Å². The second-order valence-corrected chi connectivity index (χ2v) is 5.72. The Morgan fingerprint density at radius 1 is 1.25 bits per heavy atom. The SMILES string of the molecule is O=C1NC2=C(C(=O)N(Cc3ccco3)C2)[C@@H](c2cccc(F)c2)N1. The van der Waals surface area contributed by atoms with Crippen LogP contribution in [-0.4, -0.2) is 23.4 Å². The molecule has 0 saturated carbocycles. The summed E-state index contributed by atoms with van der Waals surface area (Å²) < 4.78 is 18.8. The molecule has 2 aliphatic heterocycles. The van der Waals surface area contributed by atoms with Crippen molar-refractivity contribution in [2.45, 2.75) is 12.6 Å². The highest BCUT2D eigenvalue weighted by atomic mass is 19.1. The van der Waals surface area contributed by atoms with Crippen LogP contribution < -0.4 is 10.6 Å². The average Bonchev–Trinajstić information content (AvgIpc) is 3.16. The third-order valence-corrected chi connectivity index (χ3v) is 4.13. The number of carbonyl (C=O) groups excluding carboxylic acids is 2. The first kappa shape index (κ1) is 14.5. The van der Waals surface area contributed by atoms with E-state index in [2.05, 4.69) is 10.6 Å². The second kappa shape index (κ2) is 5.52. The quantitative estimate of drug-likeness (QED) is 0.906. The molecule has 3 amide bonds. The summed E-state index contributed by atoms with van der Waals surface area (Å²) in [4.78, 5) is 26.3. The van der Waals surface area contributed by atoms with E-state index < -0.39 is 17.9 Å². The highest BCUT2D eigenvalue weighted by molar-refractivity contribution is 6.01. The second-order valence-electron chi connectivity index (χ2n) is 5.72. The molecular weight excluding hydrogens is 313 g/mol. The predicted octanol–water partition coefficient (Wildman–Crippen LogP) is 2.07. The van der Waals surface area contributed by atoms with E-state index in [4.69, 9.17) is 4.42 Å². The Morgan fingerprint density at radius 3 is 2.88 bits per heavy atom. The largest absolute Gasteiger partial charge is 0.467 e. The number of halogens is 1. The number of nitrogens with zero attached hydrogens (tertiary/aromatic N) is 1. The molecule has 3 heterocycles. The predicted molar refractivity (Wildman–Crippen MR) is 82.0 cm³/mol. The van der Waals surface area contributed by atoms with Crippen molar-refractivity contribution >= 4 is 11.9 Å². The lowest BCUT2D eigenvalue weighted by Gasteiger charge is -2.25. The first-order chi connectivity index (χ1) is 11.6. The van der Waals surface area contributed by atoms with Gasteiger partial charge in [0, 0.05) is 0 Å². The standard InChI is InChI=1S/C17H14FN3O3/c18-11-4-1-3-10(7-11)15-14-13(19-17(23)20-15)9-21(16(14)22)8-12-5-2-6-24-12/h1-7,15H,8-9H2,(H2,19,20,23)/t15-/m1/s1. The van der Waals surface area contributed by atoms with Crippen molar-refractivity contribution < 1.29 is 18.4 Å². The maximum Gasteiger partial charge on any atom is 0.319 e. The average molecular weight is 327 g/mol. The van der Waals surface area contributed by atoms with Gasteiger partial charge in [-0.25, -0.2) is 9.18 Å². The zero-order valence-corrected chi connectivity index (χ0v) is 12.6. The van der Waals surface area contributed by atoms with Gasteiger partial charge in [-0.1, -0.05) is 12.1 Å². The van der Waals surface area contributed by atoms with Crippen LogP contribution in [0.15, 0.2) is 58.3 Å². The van der Waals surface area contributed by atoms with Crippen LogP contribution >= 0.6 is 0 Å². The minimum atomic E-state index is -0.668. The molecule has 0 fully saturated rings. The van der Waals surface area contributed by atoms with Crippen molar-refractivity contribution in [1.29, 1.82) is 0 Å². The number of amides is 3. The van der Waals surface area contributed by atoms with Crippen molar-refractivity contribution in [3.05, 3.63) is 71.1 Å². The van der Waals surface area contributed by atoms with Gasteiger partial charge in [0.1, 0.15) is 11.6 Å². The smallest absolute Gasteiger partial charge is 0.319 e. The van der Waals surface area contributed by atoms with Gasteiger partial charge in [-0.15, -0.1) is 0 Å². The summed E-state index contributed by atoms with van der Waals surface area (Å²) in [6.07, 6.45) is 1.54. The van der Waals surface area contributed by atoms with Crippen LogP contribution in [0.3, 0.4) is 0 Å². The van der Waals surface area contributed by atoms with Crippen molar-refractivity contribution in [1.82, 2.24) is 15.5 Å². The lowest BCUT2D eigenvalue weighted by atomic mass is 9.96. The maximum atomic E-state index is 13.5. The molecule has 0 unspecified atom stereocenters. The van der Waals surface area contributed by atoms with Crippen LogP contribution in [-0.2, 0) is 11.3 Å². The van der Waals surface area contributed by atoms with Crippen LogP contribution in [0.4, 0.5) is 9.18 Å². The number of hydrogen-bond acceptors (Lipinski definition) is 3. The van der Waals surface area contributed by atoms with E-state index in [0.29, 0.717) is 29.1 Å². The number of benzene rings is 1. The van der Waals surface area contributed by atoms with Gasteiger partial charge in [-0.2, -0.15) is 0 Å². The Bertz CT molecular complexity index is 845. The summed E-state index contributed by atoms with van der Waals surface area (Å²) in [5.74, 6) is 0.0354. The normalized spacial score (nSPS) is 20.0. The van der Waals surface area contributed by atoms with E-state index in [1.807, 2.05) is 0 Å². The Labute approximate surface area is 136 Å². The summed E-state index contributed by atoms with van der Waals surface area (Å²) in [7, 11) is 0. The van der Waals surface area contributed by atoms with E-state index in [9.17, 15) is 14.0 Å². The molecular formula is C17H14FN3O3. The molecule has 7 heteroatoms. The van der Waals surface area contributed by atoms with Crippen LogP contribution in [0, 0.1) is 5.82 Å². The molecule has 2 aliphatic rings. The first-order valence-electron chi connectivity index (χ1n) is 7.49. The minimum Gasteiger partial charge on any atom is -0.467 e. The van der Waals surface area contributed by atoms with E-state index in [1.165, 1.54) is 12.1 Å². The van der Waals surface area contributed by atoms with Gasteiger partial charge in [0.15, 0.2) is 0 Å². The number of furan rings is 1. The van der Waals surface area contributed by atoms with Gasteiger partial charge in [0.25, 0.3) is 5.91 Å². The molecule has 2 N–H and O–H groups in total. The Morgan fingerprint density at radius 2 is 2.12 bits per heavy atom. The van der Waals surface area contributed by atoms with Crippen LogP contribution in [0.25, 0.3) is 0 Å². The lowest BCUT2D eigenvalue weighted by Crippen LogP contribution is -2.44. The third kappa shape index (κ3) is 2.44. The number of hydrogen-bond donors (Lipinski definition) is 2. The van der Waals surface area contributed by atoms with Crippen molar-refractivity contribution in [3.63, 3.8) is 0 Å². The van der Waals surface area contributed by atoms with Gasteiger partial charge in [-0.05, 0) is 29.8 Å². The molecule has 4 rings (SSSR count). The van der Waals surface area contributed by atoms with E-state index in [1.54, 1.807) is 35.4 Å². The summed E-state index contributed by atoms with van der Waals surface area (Å²) in [6, 6.07) is 8.35. The van der Waals surface area contributed by atoms with E-state index >= 15 is 0 Å². The highest BCUT2D eigenvalue weighted by Gasteiger charge is 2.40. The summed E-state index contributed by atoms with van der Waals surface area (Å²) in [6.45, 7) is 0.596. The molecule has 0 bridgehead atoms. The highest BCUT2D eigenvalue weighted by Crippen LogP contribution is 2.33. The molecule has 1 aromatic carbocycles. The molecule has 0 aliphatic carbocycles. The van der Waals surface area contributed by atoms with Crippen molar-refractivity contribution in [3.8, 4) is 0 Å². The molecule has 0 spiro atoms. The molecule has 2 aromatic rings. The molecule has 0 radical (unpaired) electrons. The van der Waals surface area contributed by atoms with Crippen LogP contribution in [0.5, 0.6) is 0 Å². The number of carbonyl (C=O) groups is 2. The summed E-state index contributed by atoms with van der Waals surface area (Å²) in [5.41, 5.74) is 1.52. The van der Waals surface area contributed by atoms with E-state index in [-0.39, 0.29) is 12.5 Å². The molecule has 6 nitrogen and oxygen atoms in total. The monoisotopic (exact) mass is 327 g/mol. The van der Waals surface area contributed by atoms with Gasteiger partial charge in [-0.3, -0.25) is 4.79 Å². The molecule has 1 aromatic heterocycles. The molecule has 1 atom stereocenters. The summed E-state index contributed by atoms with van der Waals surface area (Å²) in [5, 5.41) is 5.37.